The van der Waals surface area contributed by atoms with Crippen LogP contribution in [0.2, 0.25) is 0 Å². The van der Waals surface area contributed by atoms with E-state index in [1.165, 1.54) is 12.1 Å². The predicted molar refractivity (Wildman–Crippen MR) is 91.8 cm³/mol. The third kappa shape index (κ3) is 8.12. The van der Waals surface area contributed by atoms with Gasteiger partial charge < -0.3 is 10.4 Å². The Kier molecular flexibility index (Phi) is 7.69. The first-order chi connectivity index (χ1) is 10.7. The Balaban J connectivity index is 2.48. The maximum atomic E-state index is 12.9. The lowest BCUT2D eigenvalue weighted by atomic mass is 9.81. The molecule has 0 bridgehead atoms. The van der Waals surface area contributed by atoms with Crippen molar-refractivity contribution in [2.24, 2.45) is 11.3 Å². The molecule has 0 saturated heterocycles. The molecule has 0 amide bonds. The second-order valence-electron chi connectivity index (χ2n) is 7.45. The van der Waals surface area contributed by atoms with Crippen LogP contribution in [-0.2, 0) is 11.3 Å². The highest BCUT2D eigenvalue weighted by Crippen LogP contribution is 2.30. The molecule has 0 heterocycles. The topological polar surface area (TPSA) is 49.3 Å². The summed E-state index contributed by atoms with van der Waals surface area (Å²) in [6.07, 6.45) is 2.92. The Bertz CT molecular complexity index is 483. The maximum Gasteiger partial charge on any atom is 0.303 e. The number of halogens is 1. The molecule has 0 spiro atoms. The molecule has 1 rings (SSSR count). The highest BCUT2D eigenvalue weighted by Gasteiger charge is 2.22. The monoisotopic (exact) mass is 323 g/mol. The average Bonchev–Trinajstić information content (AvgIpc) is 2.46. The summed E-state index contributed by atoms with van der Waals surface area (Å²) in [6, 6.07) is 6.93. The number of carboxylic acids is 1. The summed E-state index contributed by atoms with van der Waals surface area (Å²) in [5.74, 6) is -0.451. The molecule has 0 aliphatic heterocycles. The molecule has 0 fully saturated rings. The average molecular weight is 323 g/mol. The number of hydrogen-bond acceptors (Lipinski definition) is 2. The van der Waals surface area contributed by atoms with Gasteiger partial charge >= 0.3 is 5.97 Å². The molecular weight excluding hydrogens is 293 g/mol. The van der Waals surface area contributed by atoms with Crippen molar-refractivity contribution in [1.82, 2.24) is 5.32 Å². The minimum absolute atomic E-state index is 0.0308. The van der Waals surface area contributed by atoms with Crippen molar-refractivity contribution in [2.75, 3.05) is 0 Å². The number of carbonyl (C=O) groups is 1. The van der Waals surface area contributed by atoms with Crippen LogP contribution in [0.4, 0.5) is 4.39 Å². The largest absolute Gasteiger partial charge is 0.481 e. The number of carboxylic acid groups (broad SMARTS) is 1. The minimum Gasteiger partial charge on any atom is -0.481 e. The van der Waals surface area contributed by atoms with Crippen molar-refractivity contribution in [3.05, 3.63) is 35.6 Å². The van der Waals surface area contributed by atoms with Gasteiger partial charge in [0.15, 0.2) is 0 Å². The molecular formula is C19H30FNO2. The van der Waals surface area contributed by atoms with Gasteiger partial charge in [0.2, 0.25) is 0 Å². The predicted octanol–water partition coefficient (Wildman–Crippen LogP) is 4.61. The summed E-state index contributed by atoms with van der Waals surface area (Å²) in [5, 5.41) is 12.4. The van der Waals surface area contributed by atoms with Gasteiger partial charge in [0.1, 0.15) is 5.82 Å². The van der Waals surface area contributed by atoms with Crippen LogP contribution in [0.1, 0.15) is 58.9 Å². The van der Waals surface area contributed by atoms with Crippen molar-refractivity contribution in [3.8, 4) is 0 Å². The Morgan fingerprint density at radius 1 is 1.22 bits per heavy atom. The van der Waals surface area contributed by atoms with Crippen LogP contribution in [-0.4, -0.2) is 17.1 Å². The van der Waals surface area contributed by atoms with Crippen LogP contribution < -0.4 is 5.32 Å². The third-order valence-corrected chi connectivity index (χ3v) is 4.43. The van der Waals surface area contributed by atoms with E-state index in [-0.39, 0.29) is 17.7 Å². The number of rotatable bonds is 10. The second-order valence-corrected chi connectivity index (χ2v) is 7.45. The van der Waals surface area contributed by atoms with E-state index < -0.39 is 5.97 Å². The van der Waals surface area contributed by atoms with Gasteiger partial charge in [-0.2, -0.15) is 0 Å². The van der Waals surface area contributed by atoms with Gasteiger partial charge in [-0.15, -0.1) is 0 Å². The van der Waals surface area contributed by atoms with E-state index in [0.29, 0.717) is 18.4 Å². The van der Waals surface area contributed by atoms with Gasteiger partial charge in [0.05, 0.1) is 0 Å². The minimum atomic E-state index is -0.729. The lowest BCUT2D eigenvalue weighted by Crippen LogP contribution is -2.34. The molecule has 1 aromatic carbocycles. The first-order valence-corrected chi connectivity index (χ1v) is 8.39. The van der Waals surface area contributed by atoms with Crippen LogP contribution in [0, 0.1) is 17.2 Å². The summed E-state index contributed by atoms with van der Waals surface area (Å²) in [6.45, 7) is 9.36. The highest BCUT2D eigenvalue weighted by molar-refractivity contribution is 5.66. The fourth-order valence-corrected chi connectivity index (χ4v) is 2.64. The molecule has 0 aromatic heterocycles. The lowest BCUT2D eigenvalue weighted by Gasteiger charge is -2.29. The molecule has 0 aliphatic carbocycles. The summed E-state index contributed by atoms with van der Waals surface area (Å²) < 4.78 is 12.9. The number of aliphatic carboxylic acids is 1. The summed E-state index contributed by atoms with van der Waals surface area (Å²) in [4.78, 5) is 10.7. The molecule has 1 aromatic rings. The molecule has 23 heavy (non-hydrogen) atoms. The number of hydrogen-bond donors (Lipinski definition) is 2. The summed E-state index contributed by atoms with van der Waals surface area (Å²) in [7, 11) is 0. The molecule has 130 valence electrons. The zero-order chi connectivity index (χ0) is 17.5. The van der Waals surface area contributed by atoms with Gasteiger partial charge in [-0.05, 0) is 48.3 Å². The molecule has 4 heteroatoms. The maximum absolute atomic E-state index is 12.9. The highest BCUT2D eigenvalue weighted by atomic mass is 19.1. The fraction of sp³-hybridized carbons (Fsp3) is 0.632. The van der Waals surface area contributed by atoms with Gasteiger partial charge in [-0.3, -0.25) is 4.79 Å². The van der Waals surface area contributed by atoms with Gasteiger partial charge in [-0.25, -0.2) is 4.39 Å². The van der Waals surface area contributed by atoms with Crippen LogP contribution in [0.25, 0.3) is 0 Å². The smallest absolute Gasteiger partial charge is 0.303 e. The first-order valence-electron chi connectivity index (χ1n) is 8.39. The molecule has 1 unspecified atom stereocenters. The lowest BCUT2D eigenvalue weighted by molar-refractivity contribution is -0.137. The molecule has 0 radical (unpaired) electrons. The van der Waals surface area contributed by atoms with Crippen LogP contribution in [0.15, 0.2) is 24.3 Å². The van der Waals surface area contributed by atoms with Gasteiger partial charge in [-0.1, -0.05) is 39.8 Å². The SMILES string of the molecule is CC(C)C(CCC(C)(C)CCC(=O)O)NCc1ccc(F)cc1. The number of nitrogens with one attached hydrogen (secondary N) is 1. The Morgan fingerprint density at radius 3 is 2.35 bits per heavy atom. The summed E-state index contributed by atoms with van der Waals surface area (Å²) in [5.41, 5.74) is 1.10. The zero-order valence-electron chi connectivity index (χ0n) is 14.7. The number of benzene rings is 1. The molecule has 0 saturated carbocycles. The van der Waals surface area contributed by atoms with Crippen molar-refractivity contribution >= 4 is 5.97 Å². The molecule has 3 nitrogen and oxygen atoms in total. The standard InChI is InChI=1S/C19H30FNO2/c1-14(2)17(9-11-19(3,4)12-10-18(22)23)21-13-15-5-7-16(20)8-6-15/h5-8,14,17,21H,9-13H2,1-4H3,(H,22,23). The van der Waals surface area contributed by atoms with E-state index in [9.17, 15) is 9.18 Å². The van der Waals surface area contributed by atoms with E-state index >= 15 is 0 Å². The van der Waals surface area contributed by atoms with E-state index in [1.54, 1.807) is 12.1 Å². The molecule has 1 atom stereocenters. The van der Waals surface area contributed by atoms with Crippen LogP contribution in [0.3, 0.4) is 0 Å². The van der Waals surface area contributed by atoms with Crippen molar-refractivity contribution < 1.29 is 14.3 Å². The van der Waals surface area contributed by atoms with Crippen molar-refractivity contribution in [1.29, 1.82) is 0 Å². The van der Waals surface area contributed by atoms with E-state index in [2.05, 4.69) is 33.0 Å². The molecule has 0 aliphatic rings. The Labute approximate surface area is 139 Å². The van der Waals surface area contributed by atoms with Crippen molar-refractivity contribution in [3.63, 3.8) is 0 Å². The van der Waals surface area contributed by atoms with Crippen LogP contribution in [0.5, 0.6) is 0 Å². The summed E-state index contributed by atoms with van der Waals surface area (Å²) >= 11 is 0. The first kappa shape index (κ1) is 19.6. The van der Waals surface area contributed by atoms with E-state index in [1.807, 2.05) is 0 Å². The quantitative estimate of drug-likeness (QED) is 0.661. The van der Waals surface area contributed by atoms with E-state index in [4.69, 9.17) is 5.11 Å². The van der Waals surface area contributed by atoms with Gasteiger partial charge in [0.25, 0.3) is 0 Å². The Morgan fingerprint density at radius 2 is 1.83 bits per heavy atom. The second kappa shape index (κ2) is 9.02. The fourth-order valence-electron chi connectivity index (χ4n) is 2.64. The van der Waals surface area contributed by atoms with E-state index in [0.717, 1.165) is 24.9 Å². The van der Waals surface area contributed by atoms with Gasteiger partial charge in [0, 0.05) is 19.0 Å². The van der Waals surface area contributed by atoms with Crippen molar-refractivity contribution in [2.45, 2.75) is 66.0 Å². The third-order valence-electron chi connectivity index (χ3n) is 4.43. The zero-order valence-corrected chi connectivity index (χ0v) is 14.7. The molecule has 2 N–H and O–H groups in total. The van der Waals surface area contributed by atoms with Crippen LogP contribution >= 0.6 is 0 Å². The normalized spacial score (nSPS) is 13.3. The Hall–Kier alpha value is -1.42.